The number of benzene rings is 4. The lowest BCUT2D eigenvalue weighted by molar-refractivity contribution is -0.116. The number of hydrogen-bond donors (Lipinski definition) is 2. The number of carbonyl (C=O) groups is 1. The molecule has 0 unspecified atom stereocenters. The molecule has 1 amide bonds. The Morgan fingerprint density at radius 2 is 1.86 bits per heavy atom. The van der Waals surface area contributed by atoms with Crippen LogP contribution in [0.15, 0.2) is 88.2 Å². The minimum Gasteiger partial charge on any atom is -0.487 e. The highest BCUT2D eigenvalue weighted by molar-refractivity contribution is 14.1. The average molecular weight is 671 g/mol. The molecular formula is C29H24BrIN2O2S. The van der Waals surface area contributed by atoms with Crippen molar-refractivity contribution < 1.29 is 9.53 Å². The van der Waals surface area contributed by atoms with E-state index in [1.54, 1.807) is 0 Å². The first-order valence-corrected chi connectivity index (χ1v) is 14.4. The van der Waals surface area contributed by atoms with Gasteiger partial charge in [0.2, 0.25) is 0 Å². The van der Waals surface area contributed by atoms with Crippen LogP contribution in [0.2, 0.25) is 0 Å². The number of halogens is 2. The highest BCUT2D eigenvalue weighted by Gasteiger charge is 2.27. The van der Waals surface area contributed by atoms with Crippen LogP contribution in [0, 0.1) is 3.57 Å². The van der Waals surface area contributed by atoms with Crippen LogP contribution in [0.5, 0.6) is 5.75 Å². The maximum Gasteiger partial charge on any atom is 0.260 e. The zero-order valence-corrected chi connectivity index (χ0v) is 24.1. The highest BCUT2D eigenvalue weighted by Crippen LogP contribution is 2.36. The molecule has 36 heavy (non-hydrogen) atoms. The zero-order chi connectivity index (χ0) is 25.1. The first kappa shape index (κ1) is 25.2. The summed E-state index contributed by atoms with van der Waals surface area (Å²) in [5.74, 6) is 0.717. The summed E-state index contributed by atoms with van der Waals surface area (Å²) in [6, 6.07) is 26.9. The Morgan fingerprint density at radius 3 is 2.64 bits per heavy atom. The summed E-state index contributed by atoms with van der Waals surface area (Å²) in [6.07, 6.45) is 2.92. The molecule has 4 nitrogen and oxygen atoms in total. The van der Waals surface area contributed by atoms with Gasteiger partial charge in [0.15, 0.2) is 5.50 Å². The summed E-state index contributed by atoms with van der Waals surface area (Å²) in [5.41, 5.74) is 4.14. The molecule has 1 fully saturated rings. The van der Waals surface area contributed by atoms with E-state index in [-0.39, 0.29) is 11.4 Å². The topological polar surface area (TPSA) is 50.4 Å². The molecule has 5 rings (SSSR count). The van der Waals surface area contributed by atoms with Crippen LogP contribution in [0.4, 0.5) is 5.69 Å². The lowest BCUT2D eigenvalue weighted by Gasteiger charge is -2.13. The van der Waals surface area contributed by atoms with Crippen molar-refractivity contribution in [2.75, 3.05) is 5.32 Å². The second-order valence-corrected chi connectivity index (χ2v) is 11.6. The number of amides is 1. The van der Waals surface area contributed by atoms with Gasteiger partial charge in [-0.25, -0.2) is 0 Å². The van der Waals surface area contributed by atoms with Crippen LogP contribution in [-0.4, -0.2) is 11.4 Å². The van der Waals surface area contributed by atoms with Crippen molar-refractivity contribution in [2.24, 2.45) is 0 Å². The molecule has 2 N–H and O–H groups in total. The molecular weight excluding hydrogens is 647 g/mol. The Labute approximate surface area is 237 Å². The van der Waals surface area contributed by atoms with Gasteiger partial charge in [0.25, 0.3) is 5.91 Å². The third kappa shape index (κ3) is 5.74. The van der Waals surface area contributed by atoms with Gasteiger partial charge in [-0.1, -0.05) is 73.3 Å². The molecule has 1 saturated heterocycles. The van der Waals surface area contributed by atoms with Crippen LogP contribution in [0.3, 0.4) is 0 Å². The van der Waals surface area contributed by atoms with Gasteiger partial charge in [0.05, 0.1) is 12.9 Å². The Morgan fingerprint density at radius 1 is 1.08 bits per heavy atom. The summed E-state index contributed by atoms with van der Waals surface area (Å²) in [6.45, 7) is 2.61. The molecule has 0 spiro atoms. The molecule has 0 aromatic heterocycles. The lowest BCUT2D eigenvalue weighted by Crippen LogP contribution is -2.30. The SMILES string of the molecule is CCc1ccc(N[C@H]2NC(=O)/C(=C/c3cc(Br)c(OCc4cccc5ccccc45)c(I)c3)S2)cc1. The molecule has 0 aliphatic carbocycles. The minimum absolute atomic E-state index is 0.0786. The second-order valence-electron chi connectivity index (χ2n) is 8.42. The third-order valence-corrected chi connectivity index (χ3v) is 8.38. The number of anilines is 1. The number of aryl methyl sites for hydroxylation is 1. The number of carbonyl (C=O) groups excluding carboxylic acids is 1. The van der Waals surface area contributed by atoms with Crippen LogP contribution < -0.4 is 15.4 Å². The first-order chi connectivity index (χ1) is 17.5. The fourth-order valence-electron chi connectivity index (χ4n) is 4.07. The smallest absolute Gasteiger partial charge is 0.260 e. The van der Waals surface area contributed by atoms with Gasteiger partial charge in [0, 0.05) is 5.69 Å². The number of nitrogens with one attached hydrogen (secondary N) is 2. The zero-order valence-electron chi connectivity index (χ0n) is 19.6. The maximum atomic E-state index is 12.6. The van der Waals surface area contributed by atoms with Crippen molar-refractivity contribution in [3.63, 3.8) is 0 Å². The number of rotatable bonds is 7. The molecule has 4 aromatic rings. The average Bonchev–Trinajstić information content (AvgIpc) is 3.22. The quantitative estimate of drug-likeness (QED) is 0.155. The second kappa shape index (κ2) is 11.3. The van der Waals surface area contributed by atoms with Gasteiger partial charge in [-0.2, -0.15) is 0 Å². The first-order valence-electron chi connectivity index (χ1n) is 11.6. The molecule has 0 radical (unpaired) electrons. The van der Waals surface area contributed by atoms with Crippen LogP contribution >= 0.6 is 50.3 Å². The van der Waals surface area contributed by atoms with E-state index in [0.29, 0.717) is 11.5 Å². The van der Waals surface area contributed by atoms with Gasteiger partial charge in [-0.05, 0) is 103 Å². The van der Waals surface area contributed by atoms with E-state index in [4.69, 9.17) is 4.74 Å². The summed E-state index contributed by atoms with van der Waals surface area (Å²) < 4.78 is 8.07. The number of thioether (sulfide) groups is 1. The number of hydrogen-bond acceptors (Lipinski definition) is 4. The normalized spacial score (nSPS) is 16.4. The van der Waals surface area contributed by atoms with Gasteiger partial charge >= 0.3 is 0 Å². The number of ether oxygens (including phenoxy) is 1. The van der Waals surface area contributed by atoms with Crippen LogP contribution in [-0.2, 0) is 17.8 Å². The largest absolute Gasteiger partial charge is 0.487 e. The summed E-state index contributed by atoms with van der Waals surface area (Å²) >= 11 is 7.44. The molecule has 0 bridgehead atoms. The van der Waals surface area contributed by atoms with Gasteiger partial charge in [-0.15, -0.1) is 0 Å². The summed E-state index contributed by atoms with van der Waals surface area (Å²) in [5, 5.41) is 8.77. The van der Waals surface area contributed by atoms with Crippen LogP contribution in [0.1, 0.15) is 23.6 Å². The highest BCUT2D eigenvalue weighted by atomic mass is 127. The molecule has 7 heteroatoms. The third-order valence-electron chi connectivity index (χ3n) is 5.96. The lowest BCUT2D eigenvalue weighted by atomic mass is 10.1. The summed E-state index contributed by atoms with van der Waals surface area (Å²) in [7, 11) is 0. The van der Waals surface area contributed by atoms with Gasteiger partial charge in [0.1, 0.15) is 12.4 Å². The Kier molecular flexibility index (Phi) is 7.88. The van der Waals surface area contributed by atoms with Crippen molar-refractivity contribution in [1.29, 1.82) is 0 Å². The van der Waals surface area contributed by atoms with Crippen molar-refractivity contribution >= 4 is 78.7 Å². The predicted octanol–water partition coefficient (Wildman–Crippen LogP) is 7.95. The Balaban J connectivity index is 1.28. The maximum absolute atomic E-state index is 12.6. The van der Waals surface area contributed by atoms with Crippen molar-refractivity contribution in [1.82, 2.24) is 5.32 Å². The fraction of sp³-hybridized carbons (Fsp3) is 0.138. The molecule has 182 valence electrons. The van der Waals surface area contributed by atoms with E-state index in [1.807, 2.05) is 42.5 Å². The molecule has 4 aromatic carbocycles. The molecule has 1 aliphatic rings. The fourth-order valence-corrected chi connectivity index (χ4v) is 6.83. The monoisotopic (exact) mass is 670 g/mol. The van der Waals surface area contributed by atoms with Crippen molar-refractivity contribution in [3.05, 3.63) is 109 Å². The van der Waals surface area contributed by atoms with Gasteiger partial charge in [-0.3, -0.25) is 4.79 Å². The minimum atomic E-state index is -0.206. The molecule has 1 heterocycles. The van der Waals surface area contributed by atoms with E-state index >= 15 is 0 Å². The standard InChI is InChI=1S/C29H24BrIN2O2S/c1-2-18-10-12-22(13-11-18)32-29-33-28(34)26(36-29)16-19-14-24(30)27(25(31)15-19)35-17-21-8-5-7-20-6-3-4-9-23(20)21/h3-16,29,32H,2,17H2,1H3,(H,33,34)/b26-16-/t29-/m0/s1. The van der Waals surface area contributed by atoms with E-state index in [0.717, 1.165) is 37.0 Å². The van der Waals surface area contributed by atoms with Crippen molar-refractivity contribution in [2.45, 2.75) is 25.4 Å². The van der Waals surface area contributed by atoms with E-state index in [2.05, 4.69) is 98.5 Å². The molecule has 1 aliphatic heterocycles. The van der Waals surface area contributed by atoms with Crippen molar-refractivity contribution in [3.8, 4) is 5.75 Å². The summed E-state index contributed by atoms with van der Waals surface area (Å²) in [4.78, 5) is 13.3. The van der Waals surface area contributed by atoms with E-state index in [9.17, 15) is 4.79 Å². The van der Waals surface area contributed by atoms with Gasteiger partial charge < -0.3 is 15.4 Å². The van der Waals surface area contributed by atoms with E-state index in [1.165, 1.54) is 28.1 Å². The Bertz CT molecular complexity index is 1430. The number of fused-ring (bicyclic) bond motifs is 1. The van der Waals surface area contributed by atoms with Crippen LogP contribution in [0.25, 0.3) is 16.8 Å². The van der Waals surface area contributed by atoms with E-state index < -0.39 is 0 Å². The predicted molar refractivity (Wildman–Crippen MR) is 162 cm³/mol. The molecule has 1 atom stereocenters. The molecule has 0 saturated carbocycles. The Hall–Kier alpha value is -2.49.